The number of nitrogens with two attached hydrogens (primary N) is 4. The third-order valence-electron chi connectivity index (χ3n) is 5.74. The first-order valence-electron chi connectivity index (χ1n) is 12.5. The summed E-state index contributed by atoms with van der Waals surface area (Å²) in [4.78, 5) is 6.08. The fraction of sp³-hybridized carbons (Fsp3) is 0.300. The van der Waals surface area contributed by atoms with Gasteiger partial charge in [0.25, 0.3) is 0 Å². The third kappa shape index (κ3) is 11.7. The van der Waals surface area contributed by atoms with E-state index in [-0.39, 0.29) is 6.17 Å². The van der Waals surface area contributed by atoms with Crippen LogP contribution in [0.1, 0.15) is 48.2 Å². The van der Waals surface area contributed by atoms with Crippen LogP contribution in [-0.2, 0) is 12.8 Å². The van der Waals surface area contributed by atoms with Crippen LogP contribution < -0.4 is 22.9 Å². The van der Waals surface area contributed by atoms with Crippen molar-refractivity contribution in [1.82, 2.24) is 9.88 Å². The minimum atomic E-state index is -0.690. The van der Waals surface area contributed by atoms with Crippen LogP contribution in [0.3, 0.4) is 0 Å². The summed E-state index contributed by atoms with van der Waals surface area (Å²) in [5, 5.41) is 0. The van der Waals surface area contributed by atoms with Crippen LogP contribution in [0.15, 0.2) is 97.5 Å². The van der Waals surface area contributed by atoms with E-state index >= 15 is 0 Å². The van der Waals surface area contributed by atoms with Crippen molar-refractivity contribution in [3.63, 3.8) is 0 Å². The highest BCUT2D eigenvalue weighted by Gasteiger charge is 2.22. The Labute approximate surface area is 220 Å². The van der Waals surface area contributed by atoms with Gasteiger partial charge in [0, 0.05) is 25.0 Å². The summed E-state index contributed by atoms with van der Waals surface area (Å²) in [5.41, 5.74) is 28.0. The minimum absolute atomic E-state index is 0.384. The molecule has 198 valence electrons. The smallest absolute Gasteiger partial charge is 0.123 e. The van der Waals surface area contributed by atoms with Crippen molar-refractivity contribution in [2.45, 2.75) is 44.9 Å². The lowest BCUT2D eigenvalue weighted by atomic mass is 10.0. The Hall–Kier alpha value is -3.68. The molecule has 2 heterocycles. The van der Waals surface area contributed by atoms with E-state index in [1.54, 1.807) is 19.2 Å². The van der Waals surface area contributed by atoms with Crippen LogP contribution in [0, 0.1) is 0 Å². The Bertz CT molecular complexity index is 1080. The van der Waals surface area contributed by atoms with Crippen molar-refractivity contribution < 1.29 is 4.39 Å². The zero-order chi connectivity index (χ0) is 27.2. The molecule has 0 bridgehead atoms. The number of hydrogen-bond donors (Lipinski definition) is 4. The zero-order valence-corrected chi connectivity index (χ0v) is 21.8. The van der Waals surface area contributed by atoms with Gasteiger partial charge in [-0.3, -0.25) is 0 Å². The van der Waals surface area contributed by atoms with E-state index in [2.05, 4.69) is 54.5 Å². The maximum absolute atomic E-state index is 13.0. The highest BCUT2D eigenvalue weighted by Crippen LogP contribution is 2.20. The number of benzene rings is 2. The van der Waals surface area contributed by atoms with E-state index in [1.807, 2.05) is 29.2 Å². The Kier molecular flexibility index (Phi) is 12.3. The SMILES string of the molecule is C=C(C)N.C=C(CCc1ccc(N)nc1)N1CCC(F)C1.NC(N)c1ccc(Cc2ccccc2)cc1. The lowest BCUT2D eigenvalue weighted by Crippen LogP contribution is -2.20. The highest BCUT2D eigenvalue weighted by molar-refractivity contribution is 5.30. The number of rotatable bonds is 7. The summed E-state index contributed by atoms with van der Waals surface area (Å²) in [6.07, 6.45) is 4.00. The van der Waals surface area contributed by atoms with Gasteiger partial charge in [0.15, 0.2) is 0 Å². The standard InChI is InChI=1S/C14H16N2.C13H18FN3.C3H7N/c15-14(16)13-8-6-12(7-9-13)10-11-4-2-1-3-5-11;1-10(17-7-6-12(14)9-17)2-3-11-4-5-13(15)16-8-11;1-3(2)4/h1-9,14H,10,15-16H2;4-5,8,12H,1-3,6-7,9H2,(H2,15,16);1,4H2,2H3. The molecule has 1 saturated heterocycles. The van der Waals surface area contributed by atoms with E-state index in [0.717, 1.165) is 42.6 Å². The van der Waals surface area contributed by atoms with Crippen molar-refractivity contribution in [3.05, 3.63) is 120 Å². The molecule has 7 heteroatoms. The van der Waals surface area contributed by atoms with Gasteiger partial charge in [0.2, 0.25) is 0 Å². The largest absolute Gasteiger partial charge is 0.403 e. The summed E-state index contributed by atoms with van der Waals surface area (Å²) in [5.74, 6) is 0.535. The Balaban J connectivity index is 0.000000228. The van der Waals surface area contributed by atoms with Gasteiger partial charge in [0.1, 0.15) is 12.0 Å². The van der Waals surface area contributed by atoms with Crippen LogP contribution >= 0.6 is 0 Å². The number of likely N-dealkylation sites (tertiary alicyclic amines) is 1. The molecule has 37 heavy (non-hydrogen) atoms. The van der Waals surface area contributed by atoms with Gasteiger partial charge in [-0.05, 0) is 66.6 Å². The first kappa shape index (κ1) is 29.5. The van der Waals surface area contributed by atoms with Crippen molar-refractivity contribution >= 4 is 5.82 Å². The summed E-state index contributed by atoms with van der Waals surface area (Å²) in [6.45, 7) is 10.4. The average Bonchev–Trinajstić information content (AvgIpc) is 3.31. The molecule has 3 aromatic rings. The molecule has 0 amide bonds. The first-order chi connectivity index (χ1) is 17.6. The van der Waals surface area contributed by atoms with Gasteiger partial charge < -0.3 is 27.8 Å². The van der Waals surface area contributed by atoms with Crippen molar-refractivity contribution in [1.29, 1.82) is 0 Å². The Morgan fingerprint density at radius 2 is 1.59 bits per heavy atom. The number of halogens is 1. The van der Waals surface area contributed by atoms with Gasteiger partial charge in [0.05, 0.1) is 6.17 Å². The number of pyridine rings is 1. The number of hydrogen-bond acceptors (Lipinski definition) is 6. The zero-order valence-electron chi connectivity index (χ0n) is 21.8. The van der Waals surface area contributed by atoms with E-state index in [9.17, 15) is 4.39 Å². The van der Waals surface area contributed by atoms with Gasteiger partial charge in [-0.25, -0.2) is 9.37 Å². The van der Waals surface area contributed by atoms with Crippen LogP contribution in [0.25, 0.3) is 0 Å². The second-order valence-corrected chi connectivity index (χ2v) is 9.27. The van der Waals surface area contributed by atoms with Gasteiger partial charge in [-0.15, -0.1) is 0 Å². The molecule has 0 radical (unpaired) electrons. The summed E-state index contributed by atoms with van der Waals surface area (Å²) in [6, 6.07) is 22.3. The average molecular weight is 505 g/mol. The lowest BCUT2D eigenvalue weighted by molar-refractivity contribution is 0.320. The predicted octanol–water partition coefficient (Wildman–Crippen LogP) is 4.83. The molecule has 6 nitrogen and oxygen atoms in total. The van der Waals surface area contributed by atoms with E-state index in [1.165, 1.54) is 11.1 Å². The summed E-state index contributed by atoms with van der Waals surface area (Å²) >= 11 is 0. The number of alkyl halides is 1. The lowest BCUT2D eigenvalue weighted by Gasteiger charge is -2.20. The number of nitrogen functional groups attached to an aromatic ring is 1. The second kappa shape index (κ2) is 15.4. The molecular weight excluding hydrogens is 463 g/mol. The number of aromatic nitrogens is 1. The Morgan fingerprint density at radius 3 is 2.11 bits per heavy atom. The van der Waals surface area contributed by atoms with E-state index in [4.69, 9.17) is 22.9 Å². The second-order valence-electron chi connectivity index (χ2n) is 9.27. The molecular formula is C30H41FN6. The molecule has 1 fully saturated rings. The van der Waals surface area contributed by atoms with Gasteiger partial charge in [-0.1, -0.05) is 73.8 Å². The van der Waals surface area contributed by atoms with Crippen molar-refractivity contribution in [2.75, 3.05) is 18.8 Å². The molecule has 1 atom stereocenters. The Morgan fingerprint density at radius 1 is 1.00 bits per heavy atom. The number of anilines is 1. The van der Waals surface area contributed by atoms with Crippen molar-refractivity contribution in [2.24, 2.45) is 17.2 Å². The molecule has 0 saturated carbocycles. The molecule has 4 rings (SSSR count). The fourth-order valence-electron chi connectivity index (χ4n) is 3.72. The number of allylic oxidation sites excluding steroid dienone is 2. The molecule has 2 aromatic carbocycles. The fourth-order valence-corrected chi connectivity index (χ4v) is 3.72. The summed E-state index contributed by atoms with van der Waals surface area (Å²) in [7, 11) is 0. The summed E-state index contributed by atoms with van der Waals surface area (Å²) < 4.78 is 13.0. The van der Waals surface area contributed by atoms with Crippen LogP contribution in [-0.4, -0.2) is 29.1 Å². The quantitative estimate of drug-likeness (QED) is 0.342. The molecule has 1 aliphatic heterocycles. The maximum Gasteiger partial charge on any atom is 0.123 e. The predicted molar refractivity (Wildman–Crippen MR) is 153 cm³/mol. The van der Waals surface area contributed by atoms with Gasteiger partial charge in [-0.2, -0.15) is 0 Å². The minimum Gasteiger partial charge on any atom is -0.403 e. The maximum atomic E-state index is 13.0. The first-order valence-corrected chi connectivity index (χ1v) is 12.5. The molecule has 0 spiro atoms. The third-order valence-corrected chi connectivity index (χ3v) is 5.74. The number of nitrogens with zero attached hydrogens (tertiary/aromatic N) is 2. The van der Waals surface area contributed by atoms with Crippen LogP contribution in [0.4, 0.5) is 10.2 Å². The monoisotopic (exact) mass is 504 g/mol. The molecule has 0 aliphatic carbocycles. The highest BCUT2D eigenvalue weighted by atomic mass is 19.1. The number of aryl methyl sites for hydroxylation is 1. The molecule has 1 aromatic heterocycles. The van der Waals surface area contributed by atoms with E-state index in [0.29, 0.717) is 24.5 Å². The molecule has 8 N–H and O–H groups in total. The van der Waals surface area contributed by atoms with Crippen molar-refractivity contribution in [3.8, 4) is 0 Å². The molecule has 1 unspecified atom stereocenters. The topological polar surface area (TPSA) is 120 Å². The normalized spacial score (nSPS) is 14.3. The van der Waals surface area contributed by atoms with Crippen LogP contribution in [0.2, 0.25) is 0 Å². The van der Waals surface area contributed by atoms with E-state index < -0.39 is 6.17 Å². The van der Waals surface area contributed by atoms with Gasteiger partial charge >= 0.3 is 0 Å². The van der Waals surface area contributed by atoms with Crippen LogP contribution in [0.5, 0.6) is 0 Å². The molecule has 1 aliphatic rings.